The molecule has 3 amide bonds. The molecule has 4 atom stereocenters. The van der Waals surface area contributed by atoms with Crippen LogP contribution in [-0.2, 0) is 14.4 Å². The highest BCUT2D eigenvalue weighted by atomic mass is 32.2. The van der Waals surface area contributed by atoms with Crippen LogP contribution in [0.4, 0.5) is 5.69 Å². The lowest BCUT2D eigenvalue weighted by atomic mass is 9.81. The molecule has 9 nitrogen and oxygen atoms in total. The van der Waals surface area contributed by atoms with Crippen LogP contribution in [0.5, 0.6) is 0 Å². The van der Waals surface area contributed by atoms with Crippen LogP contribution in [0.2, 0.25) is 0 Å². The minimum Gasteiger partial charge on any atom is -0.354 e. The van der Waals surface area contributed by atoms with E-state index in [4.69, 9.17) is 0 Å². The molecule has 2 N–H and O–H groups in total. The van der Waals surface area contributed by atoms with Gasteiger partial charge in [-0.1, -0.05) is 49.7 Å². The lowest BCUT2D eigenvalue weighted by Gasteiger charge is -2.50. The fourth-order valence-electron chi connectivity index (χ4n) is 4.98. The molecule has 0 aromatic heterocycles. The number of rotatable bonds is 8. The van der Waals surface area contributed by atoms with E-state index in [2.05, 4.69) is 20.7 Å². The molecule has 4 unspecified atom stereocenters. The molecule has 1 saturated heterocycles. The van der Waals surface area contributed by atoms with Gasteiger partial charge in [0.1, 0.15) is 0 Å². The van der Waals surface area contributed by atoms with Gasteiger partial charge < -0.3 is 20.0 Å². The number of fused-ring (bicyclic) bond motifs is 3. The molecule has 2 fully saturated rings. The van der Waals surface area contributed by atoms with Crippen molar-refractivity contribution in [2.45, 2.75) is 70.7 Å². The van der Waals surface area contributed by atoms with Crippen LogP contribution in [0.1, 0.15) is 52.4 Å². The molecule has 1 aromatic rings. The van der Waals surface area contributed by atoms with Crippen LogP contribution in [-0.4, -0.2) is 70.4 Å². The molecule has 3 aliphatic rings. The molecule has 1 aliphatic carbocycles. The first kappa shape index (κ1) is 25.3. The predicted molar refractivity (Wildman–Crippen MR) is 138 cm³/mol. The van der Waals surface area contributed by atoms with Gasteiger partial charge in [-0.15, -0.1) is 0 Å². The van der Waals surface area contributed by atoms with Crippen molar-refractivity contribution >= 4 is 40.3 Å². The first-order valence-corrected chi connectivity index (χ1v) is 13.5. The van der Waals surface area contributed by atoms with Crippen molar-refractivity contribution in [1.82, 2.24) is 20.5 Å². The van der Waals surface area contributed by atoms with Gasteiger partial charge in [-0.3, -0.25) is 19.8 Å². The van der Waals surface area contributed by atoms with Crippen LogP contribution >= 0.6 is 11.8 Å². The van der Waals surface area contributed by atoms with Gasteiger partial charge in [0.2, 0.25) is 17.7 Å². The summed E-state index contributed by atoms with van der Waals surface area (Å²) in [6, 6.07) is 9.74. The van der Waals surface area contributed by atoms with Crippen LogP contribution in [0.25, 0.3) is 0 Å². The van der Waals surface area contributed by atoms with Gasteiger partial charge in [0, 0.05) is 37.8 Å². The molecule has 2 heterocycles. The Labute approximate surface area is 211 Å². The van der Waals surface area contributed by atoms with Crippen molar-refractivity contribution in [1.29, 1.82) is 0 Å². The maximum atomic E-state index is 13.4. The Hall–Kier alpha value is -2.75. The number of nitrogens with zero attached hydrogens (tertiary/aromatic N) is 4. The number of benzene rings is 1. The molecule has 0 radical (unpaired) electrons. The molecule has 35 heavy (non-hydrogen) atoms. The van der Waals surface area contributed by atoms with E-state index in [1.54, 1.807) is 16.8 Å². The molecule has 0 bridgehead atoms. The maximum Gasteiger partial charge on any atom is 0.237 e. The van der Waals surface area contributed by atoms with E-state index in [0.717, 1.165) is 43.0 Å². The summed E-state index contributed by atoms with van der Waals surface area (Å²) in [6.45, 7) is 4.34. The van der Waals surface area contributed by atoms with Crippen molar-refractivity contribution in [3.63, 3.8) is 0 Å². The second kappa shape index (κ2) is 11.3. The minimum absolute atomic E-state index is 0.0146. The number of nitrogens with one attached hydrogen (secondary N) is 2. The molecular weight excluding hydrogens is 464 g/mol. The topological polar surface area (TPSA) is 97.3 Å². The SMILES string of the molecule is CCC(C)NC(=O)CCN1C(=O)C2CCCCC2N2C(SCC(=O)N(C)c3ccccc3)=NNC12. The summed E-state index contributed by atoms with van der Waals surface area (Å²) in [5.41, 5.74) is 3.97. The monoisotopic (exact) mass is 500 g/mol. The zero-order valence-corrected chi connectivity index (χ0v) is 21.6. The van der Waals surface area contributed by atoms with E-state index in [-0.39, 0.29) is 47.9 Å². The summed E-state index contributed by atoms with van der Waals surface area (Å²) in [5, 5.41) is 8.26. The van der Waals surface area contributed by atoms with Crippen molar-refractivity contribution in [2.24, 2.45) is 11.0 Å². The third-order valence-corrected chi connectivity index (χ3v) is 8.14. The second-order valence-corrected chi connectivity index (χ2v) is 10.4. The highest BCUT2D eigenvalue weighted by Crippen LogP contribution is 2.38. The van der Waals surface area contributed by atoms with Crippen molar-refractivity contribution in [3.05, 3.63) is 30.3 Å². The molecule has 2 aliphatic heterocycles. The van der Waals surface area contributed by atoms with E-state index in [0.29, 0.717) is 6.54 Å². The number of carbonyl (C=O) groups is 3. The van der Waals surface area contributed by atoms with E-state index in [9.17, 15) is 14.4 Å². The first-order chi connectivity index (χ1) is 16.9. The molecule has 1 saturated carbocycles. The second-order valence-electron chi connectivity index (χ2n) is 9.50. The number of thioether (sulfide) groups is 1. The van der Waals surface area contributed by atoms with Crippen molar-refractivity contribution < 1.29 is 14.4 Å². The average molecular weight is 501 g/mol. The van der Waals surface area contributed by atoms with E-state index < -0.39 is 6.29 Å². The summed E-state index contributed by atoms with van der Waals surface area (Å²) in [4.78, 5) is 44.3. The third kappa shape index (κ3) is 5.58. The molecule has 0 spiro atoms. The maximum absolute atomic E-state index is 13.4. The Kier molecular flexibility index (Phi) is 8.20. The normalized spacial score (nSPS) is 24.1. The zero-order chi connectivity index (χ0) is 24.9. The number of carbonyl (C=O) groups excluding carboxylic acids is 3. The Morgan fingerprint density at radius 1 is 1.26 bits per heavy atom. The summed E-state index contributed by atoms with van der Waals surface area (Å²) in [7, 11) is 1.78. The minimum atomic E-state index is -0.414. The number of hydrogen-bond acceptors (Lipinski definition) is 7. The Bertz CT molecular complexity index is 958. The fourth-order valence-corrected chi connectivity index (χ4v) is 5.92. The van der Waals surface area contributed by atoms with Crippen molar-refractivity contribution in [3.8, 4) is 0 Å². The van der Waals surface area contributed by atoms with Crippen LogP contribution in [0.3, 0.4) is 0 Å². The van der Waals surface area contributed by atoms with Gasteiger partial charge in [-0.25, -0.2) is 0 Å². The standard InChI is InChI=1S/C25H36N6O3S/c1-4-17(2)26-21(32)14-15-30-23(34)19-12-8-9-13-20(19)31-24(30)27-28-25(31)35-16-22(33)29(3)18-10-6-5-7-11-18/h5-7,10-11,17,19-20,24,27H,4,8-9,12-16H2,1-3H3,(H,26,32). The molecule has 10 heteroatoms. The Morgan fingerprint density at radius 3 is 2.74 bits per heavy atom. The number of para-hydroxylation sites is 1. The number of amides is 3. The Balaban J connectivity index is 1.43. The van der Waals surface area contributed by atoms with Crippen LogP contribution < -0.4 is 15.6 Å². The Morgan fingerprint density at radius 2 is 2.00 bits per heavy atom. The molecule has 190 valence electrons. The lowest BCUT2D eigenvalue weighted by Crippen LogP contribution is -2.67. The fraction of sp³-hybridized carbons (Fsp3) is 0.600. The first-order valence-electron chi connectivity index (χ1n) is 12.6. The summed E-state index contributed by atoms with van der Waals surface area (Å²) in [5.74, 6) is 0.177. The molecular formula is C25H36N6O3S. The van der Waals surface area contributed by atoms with E-state index in [1.807, 2.05) is 44.2 Å². The number of hydrazone groups is 1. The van der Waals surface area contributed by atoms with E-state index >= 15 is 0 Å². The van der Waals surface area contributed by atoms with Crippen LogP contribution in [0.15, 0.2) is 35.4 Å². The van der Waals surface area contributed by atoms with E-state index in [1.165, 1.54) is 11.8 Å². The largest absolute Gasteiger partial charge is 0.354 e. The highest BCUT2D eigenvalue weighted by molar-refractivity contribution is 8.14. The number of anilines is 1. The quantitative estimate of drug-likeness (QED) is 0.569. The summed E-state index contributed by atoms with van der Waals surface area (Å²) in [6.07, 6.45) is 4.57. The molecule has 1 aromatic carbocycles. The van der Waals surface area contributed by atoms with Gasteiger partial charge in [-0.05, 0) is 38.3 Å². The predicted octanol–water partition coefficient (Wildman–Crippen LogP) is 2.55. The lowest BCUT2D eigenvalue weighted by molar-refractivity contribution is -0.155. The van der Waals surface area contributed by atoms with Crippen molar-refractivity contribution in [2.75, 3.05) is 24.2 Å². The van der Waals surface area contributed by atoms with Gasteiger partial charge in [0.15, 0.2) is 11.5 Å². The summed E-state index contributed by atoms with van der Waals surface area (Å²) < 4.78 is 0. The van der Waals surface area contributed by atoms with Gasteiger partial charge in [0.25, 0.3) is 0 Å². The van der Waals surface area contributed by atoms with Gasteiger partial charge >= 0.3 is 0 Å². The average Bonchev–Trinajstić information content (AvgIpc) is 3.31. The van der Waals surface area contributed by atoms with Crippen LogP contribution in [0, 0.1) is 5.92 Å². The molecule has 4 rings (SSSR count). The third-order valence-electron chi connectivity index (χ3n) is 7.18. The highest BCUT2D eigenvalue weighted by Gasteiger charge is 2.51. The summed E-state index contributed by atoms with van der Waals surface area (Å²) >= 11 is 1.40. The smallest absolute Gasteiger partial charge is 0.237 e. The van der Waals surface area contributed by atoms with Gasteiger partial charge in [0.05, 0.1) is 11.7 Å². The zero-order valence-electron chi connectivity index (χ0n) is 20.8. The number of hydrogen-bond donors (Lipinski definition) is 2. The van der Waals surface area contributed by atoms with Gasteiger partial charge in [-0.2, -0.15) is 5.10 Å². The number of amidine groups is 1.